The molecule has 5 heteroatoms. The van der Waals surface area contributed by atoms with E-state index in [1.807, 2.05) is 34.6 Å². The lowest BCUT2D eigenvalue weighted by Crippen LogP contribution is -2.33. The molecule has 22 heavy (non-hydrogen) atoms. The summed E-state index contributed by atoms with van der Waals surface area (Å²) in [4.78, 5) is 22.3. The van der Waals surface area contributed by atoms with Gasteiger partial charge in [0.15, 0.2) is 5.12 Å². The SMILES string of the molecule is Cc1c(C)c2c(c(C)c1NC=O)CC(C)(CC(C)C(=O)S)O2. The van der Waals surface area contributed by atoms with Gasteiger partial charge in [-0.15, -0.1) is 12.6 Å². The molecule has 2 unspecified atom stereocenters. The molecular weight excluding hydrogens is 298 g/mol. The van der Waals surface area contributed by atoms with Crippen LogP contribution in [0.25, 0.3) is 0 Å². The van der Waals surface area contributed by atoms with E-state index in [-0.39, 0.29) is 11.0 Å². The molecule has 0 spiro atoms. The van der Waals surface area contributed by atoms with E-state index in [4.69, 9.17) is 4.74 Å². The van der Waals surface area contributed by atoms with Crippen LogP contribution in [0.15, 0.2) is 0 Å². The summed E-state index contributed by atoms with van der Waals surface area (Å²) in [6.45, 7) is 9.88. The van der Waals surface area contributed by atoms with Crippen molar-refractivity contribution in [1.29, 1.82) is 0 Å². The molecule has 1 aliphatic rings. The zero-order chi connectivity index (χ0) is 16.7. The number of carbonyl (C=O) groups is 2. The lowest BCUT2D eigenvalue weighted by Gasteiger charge is -2.26. The van der Waals surface area contributed by atoms with Crippen LogP contribution in [0, 0.1) is 26.7 Å². The highest BCUT2D eigenvalue weighted by Gasteiger charge is 2.39. The topological polar surface area (TPSA) is 55.4 Å². The number of thiol groups is 1. The molecule has 0 aromatic heterocycles. The molecule has 1 N–H and O–H groups in total. The average Bonchev–Trinajstić information content (AvgIpc) is 2.79. The fourth-order valence-corrected chi connectivity index (χ4v) is 3.41. The number of fused-ring (bicyclic) bond motifs is 1. The number of anilines is 1. The molecule has 1 aliphatic heterocycles. The van der Waals surface area contributed by atoms with E-state index in [9.17, 15) is 9.59 Å². The molecule has 0 bridgehead atoms. The highest BCUT2D eigenvalue weighted by Crippen LogP contribution is 2.46. The summed E-state index contributed by atoms with van der Waals surface area (Å²) in [5.41, 5.74) is 4.66. The molecule has 2 rings (SSSR count). The monoisotopic (exact) mass is 321 g/mol. The number of nitrogens with one attached hydrogen (secondary N) is 1. The normalized spacial score (nSPS) is 21.0. The summed E-state index contributed by atoms with van der Waals surface area (Å²) >= 11 is 3.92. The number of benzene rings is 1. The maximum atomic E-state index is 11.4. The first-order valence-electron chi connectivity index (χ1n) is 7.45. The Morgan fingerprint density at radius 2 is 2.00 bits per heavy atom. The lowest BCUT2D eigenvalue weighted by molar-refractivity contribution is -0.115. The van der Waals surface area contributed by atoms with Gasteiger partial charge in [0, 0.05) is 23.6 Å². The summed E-state index contributed by atoms with van der Waals surface area (Å²) in [6, 6.07) is 0. The summed E-state index contributed by atoms with van der Waals surface area (Å²) in [6.07, 6.45) is 2.06. The maximum Gasteiger partial charge on any atom is 0.211 e. The predicted molar refractivity (Wildman–Crippen MR) is 90.9 cm³/mol. The molecule has 1 heterocycles. The second kappa shape index (κ2) is 5.95. The number of hydrogen-bond donors (Lipinski definition) is 2. The summed E-state index contributed by atoms with van der Waals surface area (Å²) in [5.74, 6) is 0.740. The number of carbonyl (C=O) groups excluding carboxylic acids is 2. The van der Waals surface area contributed by atoms with Gasteiger partial charge in [0.25, 0.3) is 0 Å². The van der Waals surface area contributed by atoms with Crippen molar-refractivity contribution >= 4 is 29.8 Å². The largest absolute Gasteiger partial charge is 0.487 e. The average molecular weight is 321 g/mol. The highest BCUT2D eigenvalue weighted by atomic mass is 32.1. The van der Waals surface area contributed by atoms with Gasteiger partial charge in [0.2, 0.25) is 6.41 Å². The molecule has 1 aromatic carbocycles. The van der Waals surface area contributed by atoms with E-state index < -0.39 is 5.60 Å². The molecule has 0 fully saturated rings. The van der Waals surface area contributed by atoms with Crippen molar-refractivity contribution in [3.63, 3.8) is 0 Å². The Balaban J connectivity index is 2.42. The number of rotatable bonds is 5. The summed E-state index contributed by atoms with van der Waals surface area (Å²) in [7, 11) is 0. The fourth-order valence-electron chi connectivity index (χ4n) is 3.32. The van der Waals surface area contributed by atoms with Crippen molar-refractivity contribution in [3.8, 4) is 5.75 Å². The lowest BCUT2D eigenvalue weighted by atomic mass is 9.87. The first-order chi connectivity index (χ1) is 10.2. The van der Waals surface area contributed by atoms with Gasteiger partial charge in [0.1, 0.15) is 11.4 Å². The smallest absolute Gasteiger partial charge is 0.211 e. The number of amides is 1. The van der Waals surface area contributed by atoms with E-state index in [2.05, 4.69) is 17.9 Å². The Hall–Kier alpha value is -1.49. The Kier molecular flexibility index (Phi) is 4.57. The summed E-state index contributed by atoms with van der Waals surface area (Å²) in [5, 5.41) is 2.68. The van der Waals surface area contributed by atoms with Gasteiger partial charge in [0.05, 0.1) is 0 Å². The van der Waals surface area contributed by atoms with E-state index in [1.54, 1.807) is 0 Å². The Morgan fingerprint density at radius 3 is 2.55 bits per heavy atom. The highest BCUT2D eigenvalue weighted by molar-refractivity contribution is 7.96. The third-order valence-corrected chi connectivity index (χ3v) is 5.08. The van der Waals surface area contributed by atoms with Crippen LogP contribution in [-0.2, 0) is 16.0 Å². The minimum Gasteiger partial charge on any atom is -0.487 e. The zero-order valence-electron chi connectivity index (χ0n) is 13.7. The van der Waals surface area contributed by atoms with Crippen LogP contribution in [0.2, 0.25) is 0 Å². The minimum absolute atomic E-state index is 0.117. The molecule has 0 saturated carbocycles. The van der Waals surface area contributed by atoms with Crippen molar-refractivity contribution < 1.29 is 14.3 Å². The molecule has 4 nitrogen and oxygen atoms in total. The minimum atomic E-state index is -0.415. The van der Waals surface area contributed by atoms with Crippen molar-refractivity contribution in [2.24, 2.45) is 5.92 Å². The maximum absolute atomic E-state index is 11.4. The van der Waals surface area contributed by atoms with Crippen LogP contribution in [0.1, 0.15) is 42.5 Å². The molecular formula is C17H23NO3S. The van der Waals surface area contributed by atoms with Crippen LogP contribution in [-0.4, -0.2) is 17.1 Å². The van der Waals surface area contributed by atoms with Gasteiger partial charge in [-0.3, -0.25) is 9.59 Å². The van der Waals surface area contributed by atoms with Crippen molar-refractivity contribution in [3.05, 3.63) is 22.3 Å². The molecule has 2 atom stereocenters. The van der Waals surface area contributed by atoms with Crippen LogP contribution < -0.4 is 10.1 Å². The molecule has 1 amide bonds. The van der Waals surface area contributed by atoms with E-state index in [1.165, 1.54) is 0 Å². The second-order valence-corrected chi connectivity index (χ2v) is 6.93. The van der Waals surface area contributed by atoms with Crippen LogP contribution >= 0.6 is 12.6 Å². The van der Waals surface area contributed by atoms with Crippen molar-refractivity contribution in [2.75, 3.05) is 5.32 Å². The quantitative estimate of drug-likeness (QED) is 0.646. The third kappa shape index (κ3) is 2.86. The molecule has 1 aromatic rings. The second-order valence-electron chi connectivity index (χ2n) is 6.49. The molecule has 0 radical (unpaired) electrons. The van der Waals surface area contributed by atoms with Gasteiger partial charge in [-0.25, -0.2) is 0 Å². The number of hydrogen-bond acceptors (Lipinski definition) is 3. The first-order valence-corrected chi connectivity index (χ1v) is 7.89. The third-order valence-electron chi connectivity index (χ3n) is 4.64. The predicted octanol–water partition coefficient (Wildman–Crippen LogP) is 3.36. The van der Waals surface area contributed by atoms with E-state index >= 15 is 0 Å². The number of ether oxygens (including phenoxy) is 1. The van der Waals surface area contributed by atoms with Gasteiger partial charge in [-0.05, 0) is 50.8 Å². The van der Waals surface area contributed by atoms with Crippen LogP contribution in [0.3, 0.4) is 0 Å². The molecule has 0 saturated heterocycles. The standard InChI is InChI=1S/C17H23NO3S/c1-9(16(20)22)6-17(5)7-13-12(4)14(18-8-19)10(2)11(3)15(13)21-17/h8-9H,6-7H2,1-5H3,(H,18,19)(H,20,22). The fraction of sp³-hybridized carbons (Fsp3) is 0.529. The Morgan fingerprint density at radius 1 is 1.36 bits per heavy atom. The van der Waals surface area contributed by atoms with Gasteiger partial charge < -0.3 is 10.1 Å². The van der Waals surface area contributed by atoms with Gasteiger partial charge >= 0.3 is 0 Å². The van der Waals surface area contributed by atoms with Crippen molar-refractivity contribution in [1.82, 2.24) is 0 Å². The molecule has 0 aliphatic carbocycles. The van der Waals surface area contributed by atoms with E-state index in [0.29, 0.717) is 12.8 Å². The van der Waals surface area contributed by atoms with Gasteiger partial charge in [-0.1, -0.05) is 6.92 Å². The summed E-state index contributed by atoms with van der Waals surface area (Å²) < 4.78 is 6.24. The Labute approximate surface area is 137 Å². The first kappa shape index (κ1) is 16.9. The van der Waals surface area contributed by atoms with Crippen LogP contribution in [0.5, 0.6) is 5.75 Å². The van der Waals surface area contributed by atoms with Crippen molar-refractivity contribution in [2.45, 2.75) is 53.1 Å². The van der Waals surface area contributed by atoms with Gasteiger partial charge in [-0.2, -0.15) is 0 Å². The molecule has 120 valence electrons. The van der Waals surface area contributed by atoms with E-state index in [0.717, 1.165) is 40.1 Å². The Bertz CT molecular complexity index is 642. The zero-order valence-corrected chi connectivity index (χ0v) is 14.6. The van der Waals surface area contributed by atoms with Crippen LogP contribution in [0.4, 0.5) is 5.69 Å².